The van der Waals surface area contributed by atoms with Gasteiger partial charge in [-0.3, -0.25) is 0 Å². The highest BCUT2D eigenvalue weighted by Crippen LogP contribution is 2.09. The van der Waals surface area contributed by atoms with Crippen molar-refractivity contribution in [3.8, 4) is 0 Å². The van der Waals surface area contributed by atoms with Gasteiger partial charge in [-0.05, 0) is 12.8 Å². The number of halogens is 1. The van der Waals surface area contributed by atoms with Crippen LogP contribution in [0.1, 0.15) is 71.1 Å². The molecule has 0 fully saturated rings. The Morgan fingerprint density at radius 3 is 1.29 bits per heavy atom. The first kappa shape index (κ1) is 19.5. The zero-order valence-corrected chi connectivity index (χ0v) is 11.8. The monoisotopic (exact) mass is 269 g/mol. The van der Waals surface area contributed by atoms with Crippen molar-refractivity contribution >= 4 is 0 Å². The summed E-state index contributed by atoms with van der Waals surface area (Å²) in [6.07, 6.45) is 14.2. The van der Waals surface area contributed by atoms with Gasteiger partial charge in [0, 0.05) is 0 Å². The van der Waals surface area contributed by atoms with Crippen molar-refractivity contribution in [1.82, 2.24) is 0 Å². The molecule has 0 radical (unpaired) electrons. The second-order valence-electron chi connectivity index (χ2n) is 4.22. The van der Waals surface area contributed by atoms with Gasteiger partial charge in [0.15, 0.2) is 0 Å². The predicted molar refractivity (Wildman–Crippen MR) is 59.6 cm³/mol. The van der Waals surface area contributed by atoms with Crippen molar-refractivity contribution in [2.24, 2.45) is 0 Å². The van der Waals surface area contributed by atoms with Crippen LogP contribution < -0.4 is 19.7 Å². The van der Waals surface area contributed by atoms with Crippen LogP contribution in [0, 0.1) is 10.8 Å². The van der Waals surface area contributed by atoms with Gasteiger partial charge in [0.25, 0.3) is 0 Å². The van der Waals surface area contributed by atoms with Crippen molar-refractivity contribution in [3.05, 3.63) is 0 Å². The first-order valence-electron chi connectivity index (χ1n) is 6.67. The molecule has 0 aromatic heterocycles. The molecule has 0 saturated carbocycles. The van der Waals surface area contributed by atoms with E-state index in [0.29, 0.717) is 0 Å². The number of quaternary nitrogens is 1. The highest BCUT2D eigenvalue weighted by atomic mass is 35.6. The van der Waals surface area contributed by atoms with Gasteiger partial charge in [-0.2, -0.15) is 0 Å². The van der Waals surface area contributed by atoms with Gasteiger partial charge in [-0.15, -0.1) is 0 Å². The van der Waals surface area contributed by atoms with Gasteiger partial charge < -0.3 is 19.7 Å². The van der Waals surface area contributed by atoms with Gasteiger partial charge in [0.05, 0.1) is 17.3 Å². The van der Waals surface area contributed by atoms with E-state index in [2.05, 4.69) is 12.7 Å². The van der Waals surface area contributed by atoms with Gasteiger partial charge >= 0.3 is 0 Å². The Balaban J connectivity index is 0. The summed E-state index contributed by atoms with van der Waals surface area (Å²) in [6.45, 7) is 3.40. The van der Waals surface area contributed by atoms with Gasteiger partial charge in [-0.1, -0.05) is 58.3 Å². The third-order valence-corrected chi connectivity index (χ3v) is 2.60. The molecule has 0 aliphatic rings. The topological polar surface area (TPSA) is 96.8 Å². The molecule has 3 N–H and O–H groups in total. The third-order valence-electron chi connectivity index (χ3n) is 2.60. The minimum atomic E-state index is -2.85. The van der Waals surface area contributed by atoms with Crippen LogP contribution in [-0.4, -0.2) is 6.54 Å². The molecule has 0 aliphatic heterocycles. The first-order chi connectivity index (χ1) is 8.15. The summed E-state index contributed by atoms with van der Waals surface area (Å²) in [5, 5.41) is 0. The Morgan fingerprint density at radius 1 is 0.706 bits per heavy atom. The highest BCUT2D eigenvalue weighted by molar-refractivity contribution is 4.46. The zero-order valence-electron chi connectivity index (χ0n) is 11.1. The molecule has 0 aromatic carbocycles. The number of unbranched alkanes of at least 4 members (excludes halogenated alkanes) is 9. The van der Waals surface area contributed by atoms with Gasteiger partial charge in [0.1, 0.15) is 0 Å². The standard InChI is InChI=1S/C12H27N.ClO3/c1-2-3-4-5-6-7-8-9-10-11-12-13;2-1(3)4/h2-13H2,1H3;/q;-1/p+1. The van der Waals surface area contributed by atoms with Crippen molar-refractivity contribution in [2.45, 2.75) is 71.1 Å². The maximum atomic E-state index is 8.41. The molecule has 0 amide bonds. The molecule has 17 heavy (non-hydrogen) atoms. The lowest BCUT2D eigenvalue weighted by Gasteiger charge is -2.00. The summed E-state index contributed by atoms with van der Waals surface area (Å²) < 4.78 is 25.2. The van der Waals surface area contributed by atoms with E-state index in [1.807, 2.05) is 0 Å². The van der Waals surface area contributed by atoms with E-state index in [9.17, 15) is 0 Å². The Labute approximate surface area is 109 Å². The van der Waals surface area contributed by atoms with Crippen LogP contribution in [0.5, 0.6) is 0 Å². The minimum absolute atomic E-state index is 1.12. The number of rotatable bonds is 10. The average Bonchev–Trinajstić information content (AvgIpc) is 2.26. The van der Waals surface area contributed by atoms with E-state index >= 15 is 0 Å². The van der Waals surface area contributed by atoms with Crippen molar-refractivity contribution in [3.63, 3.8) is 0 Å². The zero-order chi connectivity index (χ0) is 13.4. The van der Waals surface area contributed by atoms with Crippen LogP contribution in [0.3, 0.4) is 0 Å². The molecule has 0 bridgehead atoms. The molecule has 4 nitrogen and oxygen atoms in total. The lowest BCUT2D eigenvalue weighted by molar-refractivity contribution is -1.73. The fourth-order valence-electron chi connectivity index (χ4n) is 1.66. The molecule has 5 heteroatoms. The van der Waals surface area contributed by atoms with Crippen LogP contribution in [0.2, 0.25) is 0 Å². The minimum Gasteiger partial charge on any atom is -0.358 e. The molecule has 0 unspecified atom stereocenters. The van der Waals surface area contributed by atoms with Gasteiger partial charge in [-0.25, -0.2) is 0 Å². The summed E-state index contributed by atoms with van der Waals surface area (Å²) in [5.41, 5.74) is 3.85. The van der Waals surface area contributed by atoms with E-state index in [1.165, 1.54) is 64.2 Å². The quantitative estimate of drug-likeness (QED) is 0.546. The van der Waals surface area contributed by atoms with Crippen LogP contribution in [0.4, 0.5) is 0 Å². The molecule has 0 aliphatic carbocycles. The fraction of sp³-hybridized carbons (Fsp3) is 1.00. The normalized spacial score (nSPS) is 10.2. The first-order valence-corrected chi connectivity index (χ1v) is 7.60. The lowest BCUT2D eigenvalue weighted by atomic mass is 10.1. The van der Waals surface area contributed by atoms with Crippen LogP contribution >= 0.6 is 0 Å². The highest BCUT2D eigenvalue weighted by Gasteiger charge is 1.91. The molecule has 0 saturated heterocycles. The molecule has 0 heterocycles. The number of hydrogen-bond donors (Lipinski definition) is 1. The van der Waals surface area contributed by atoms with Crippen molar-refractivity contribution < 1.29 is 30.5 Å². The van der Waals surface area contributed by atoms with Crippen LogP contribution in [-0.2, 0) is 0 Å². The third kappa shape index (κ3) is 31.4. The summed E-state index contributed by atoms with van der Waals surface area (Å²) in [7, 11) is -2.85. The lowest BCUT2D eigenvalue weighted by Crippen LogP contribution is -2.50. The predicted octanol–water partition coefficient (Wildman–Crippen LogP) is -0.418. The fourth-order valence-corrected chi connectivity index (χ4v) is 1.66. The van der Waals surface area contributed by atoms with E-state index in [1.54, 1.807) is 0 Å². The second kappa shape index (κ2) is 18.5. The maximum absolute atomic E-state index is 8.41. The summed E-state index contributed by atoms with van der Waals surface area (Å²) in [5.74, 6) is 0. The van der Waals surface area contributed by atoms with E-state index < -0.39 is 10.8 Å². The Bertz CT molecular complexity index is 114. The molecule has 0 rings (SSSR count). The summed E-state index contributed by atoms with van der Waals surface area (Å²) >= 11 is 0. The smallest absolute Gasteiger partial charge is 0.0739 e. The maximum Gasteiger partial charge on any atom is 0.0739 e. The summed E-state index contributed by atoms with van der Waals surface area (Å²) in [6, 6.07) is 0. The molecule has 0 aromatic rings. The summed E-state index contributed by atoms with van der Waals surface area (Å²) in [4.78, 5) is 0. The largest absolute Gasteiger partial charge is 0.358 e. The van der Waals surface area contributed by atoms with Gasteiger partial charge in [0.2, 0.25) is 0 Å². The van der Waals surface area contributed by atoms with Crippen molar-refractivity contribution in [2.75, 3.05) is 6.54 Å². The van der Waals surface area contributed by atoms with Crippen LogP contribution in [0.25, 0.3) is 0 Å². The number of hydrogen-bond acceptors (Lipinski definition) is 3. The Hall–Kier alpha value is 0.130. The van der Waals surface area contributed by atoms with E-state index in [0.717, 1.165) is 6.54 Å². The average molecular weight is 270 g/mol. The van der Waals surface area contributed by atoms with E-state index in [4.69, 9.17) is 14.0 Å². The Morgan fingerprint density at radius 2 is 1.00 bits per heavy atom. The molecule has 106 valence electrons. The molecule has 0 spiro atoms. The van der Waals surface area contributed by atoms with E-state index in [-0.39, 0.29) is 0 Å². The Kier molecular flexibility index (Phi) is 21.2. The van der Waals surface area contributed by atoms with Crippen molar-refractivity contribution in [1.29, 1.82) is 0 Å². The molecular formula is C12H28ClNO3. The van der Waals surface area contributed by atoms with Crippen LogP contribution in [0.15, 0.2) is 0 Å². The SMILES string of the molecule is CCCCCCCCCCCC[NH3+].[O-][Cl+2]([O-])[O-]. The molecular weight excluding hydrogens is 242 g/mol. The second-order valence-corrected chi connectivity index (χ2v) is 4.60. The molecule has 0 atom stereocenters.